The summed E-state index contributed by atoms with van der Waals surface area (Å²) in [6, 6.07) is 7.71. The Hall–Kier alpha value is -1.49. The molecule has 0 saturated carbocycles. The van der Waals surface area contributed by atoms with E-state index in [4.69, 9.17) is 21.7 Å². The zero-order chi connectivity index (χ0) is 15.4. The zero-order valence-electron chi connectivity index (χ0n) is 12.5. The third-order valence-corrected chi connectivity index (χ3v) is 4.43. The van der Waals surface area contributed by atoms with Crippen LogP contribution in [0.5, 0.6) is 0 Å². The molecule has 0 amide bonds. The molecular formula is C17H20ClN3O. The van der Waals surface area contributed by atoms with E-state index < -0.39 is 0 Å². The summed E-state index contributed by atoms with van der Waals surface area (Å²) in [5.41, 5.74) is 2.93. The lowest BCUT2D eigenvalue weighted by atomic mass is 9.93. The highest BCUT2D eigenvalue weighted by Gasteiger charge is 2.21. The smallest absolute Gasteiger partial charge is 0.0889 e. The third kappa shape index (κ3) is 3.64. The first-order valence-corrected chi connectivity index (χ1v) is 8.05. The molecular weight excluding hydrogens is 298 g/mol. The van der Waals surface area contributed by atoms with Crippen molar-refractivity contribution < 1.29 is 5.11 Å². The van der Waals surface area contributed by atoms with E-state index in [2.05, 4.69) is 9.88 Å². The van der Waals surface area contributed by atoms with Gasteiger partial charge in [0.15, 0.2) is 0 Å². The number of likely N-dealkylation sites (tertiary alicyclic amines) is 1. The van der Waals surface area contributed by atoms with E-state index >= 15 is 0 Å². The van der Waals surface area contributed by atoms with Gasteiger partial charge < -0.3 is 10.0 Å². The maximum atomic E-state index is 9.01. The Morgan fingerprint density at radius 1 is 1.23 bits per heavy atom. The summed E-state index contributed by atoms with van der Waals surface area (Å²) in [4.78, 5) is 11.4. The van der Waals surface area contributed by atoms with Crippen molar-refractivity contribution in [3.63, 3.8) is 0 Å². The van der Waals surface area contributed by atoms with Crippen molar-refractivity contribution in [3.05, 3.63) is 47.4 Å². The minimum Gasteiger partial charge on any atom is -0.395 e. The molecule has 1 fully saturated rings. The number of aliphatic hydroxyl groups is 1. The number of aliphatic hydroxyl groups excluding tert-OH is 1. The first-order valence-electron chi connectivity index (χ1n) is 7.67. The maximum Gasteiger partial charge on any atom is 0.0889 e. The summed E-state index contributed by atoms with van der Waals surface area (Å²) in [6.07, 6.45) is 5.79. The van der Waals surface area contributed by atoms with Crippen LogP contribution in [0.1, 0.15) is 24.5 Å². The van der Waals surface area contributed by atoms with Crippen molar-refractivity contribution in [2.24, 2.45) is 0 Å². The SMILES string of the molecule is OCCN1CCC(c2cncc(-c3cccc(Cl)c3)n2)CC1. The number of piperidine rings is 1. The molecule has 2 aromatic rings. The fourth-order valence-electron chi connectivity index (χ4n) is 2.96. The molecule has 0 radical (unpaired) electrons. The molecule has 1 aromatic heterocycles. The number of β-amino-alcohol motifs (C(OH)–C–C–N with tert-alkyl or cyclic N) is 1. The first kappa shape index (κ1) is 15.4. The van der Waals surface area contributed by atoms with Gasteiger partial charge >= 0.3 is 0 Å². The largest absolute Gasteiger partial charge is 0.395 e. The average molecular weight is 318 g/mol. The lowest BCUT2D eigenvalue weighted by molar-refractivity contribution is 0.163. The van der Waals surface area contributed by atoms with Crippen LogP contribution < -0.4 is 0 Å². The highest BCUT2D eigenvalue weighted by molar-refractivity contribution is 6.30. The van der Waals surface area contributed by atoms with Gasteiger partial charge in [0, 0.05) is 29.2 Å². The van der Waals surface area contributed by atoms with Crippen molar-refractivity contribution in [1.29, 1.82) is 0 Å². The van der Waals surface area contributed by atoms with Gasteiger partial charge in [0.25, 0.3) is 0 Å². The van der Waals surface area contributed by atoms with Crippen molar-refractivity contribution in [1.82, 2.24) is 14.9 Å². The van der Waals surface area contributed by atoms with Crippen molar-refractivity contribution in [2.45, 2.75) is 18.8 Å². The Bertz CT molecular complexity index is 627. The van der Waals surface area contributed by atoms with Crippen molar-refractivity contribution >= 4 is 11.6 Å². The van der Waals surface area contributed by atoms with Crippen LogP contribution in [0.4, 0.5) is 0 Å². The van der Waals surface area contributed by atoms with Crippen molar-refractivity contribution in [2.75, 3.05) is 26.2 Å². The second-order valence-corrected chi connectivity index (χ2v) is 6.12. The van der Waals surface area contributed by atoms with E-state index in [-0.39, 0.29) is 6.61 Å². The summed E-state index contributed by atoms with van der Waals surface area (Å²) < 4.78 is 0. The first-order chi connectivity index (χ1) is 10.8. The summed E-state index contributed by atoms with van der Waals surface area (Å²) in [7, 11) is 0. The molecule has 0 spiro atoms. The van der Waals surface area contributed by atoms with Gasteiger partial charge in [0.2, 0.25) is 0 Å². The second kappa shape index (κ2) is 7.18. The van der Waals surface area contributed by atoms with Crippen LogP contribution in [0.15, 0.2) is 36.7 Å². The molecule has 1 aliphatic heterocycles. The maximum absolute atomic E-state index is 9.01. The zero-order valence-corrected chi connectivity index (χ0v) is 13.2. The van der Waals surface area contributed by atoms with Gasteiger partial charge in [0.1, 0.15) is 0 Å². The predicted octanol–water partition coefficient (Wildman–Crippen LogP) is 2.97. The number of halogens is 1. The van der Waals surface area contributed by atoms with Crippen LogP contribution in [0.2, 0.25) is 5.02 Å². The minimum absolute atomic E-state index is 0.231. The lowest BCUT2D eigenvalue weighted by Gasteiger charge is -2.31. The standard InChI is InChI=1S/C17H20ClN3O/c18-15-3-1-2-14(10-15)17-12-19-11-16(20-17)13-4-6-21(7-5-13)8-9-22/h1-3,10-13,22H,4-9H2. The Morgan fingerprint density at radius 2 is 2.05 bits per heavy atom. The highest BCUT2D eigenvalue weighted by atomic mass is 35.5. The Balaban J connectivity index is 1.75. The fraction of sp³-hybridized carbons (Fsp3) is 0.412. The predicted molar refractivity (Wildman–Crippen MR) is 88.0 cm³/mol. The summed E-state index contributed by atoms with van der Waals surface area (Å²) in [6.45, 7) is 3.01. The Kier molecular flexibility index (Phi) is 5.03. The second-order valence-electron chi connectivity index (χ2n) is 5.68. The van der Waals surface area contributed by atoms with Gasteiger partial charge in [-0.05, 0) is 38.1 Å². The van der Waals surface area contributed by atoms with Crippen molar-refractivity contribution in [3.8, 4) is 11.3 Å². The molecule has 0 unspecified atom stereocenters. The van der Waals surface area contributed by atoms with E-state index in [9.17, 15) is 0 Å². The van der Waals surface area contributed by atoms with Gasteiger partial charge in [-0.15, -0.1) is 0 Å². The molecule has 1 saturated heterocycles. The van der Waals surface area contributed by atoms with Crippen LogP contribution in [0.25, 0.3) is 11.3 Å². The van der Waals surface area contributed by atoms with Gasteiger partial charge in [0.05, 0.1) is 24.2 Å². The minimum atomic E-state index is 0.231. The van der Waals surface area contributed by atoms with E-state index in [1.165, 1.54) is 0 Å². The fourth-order valence-corrected chi connectivity index (χ4v) is 3.15. The Morgan fingerprint density at radius 3 is 2.77 bits per heavy atom. The molecule has 1 aliphatic rings. The molecule has 116 valence electrons. The number of nitrogens with zero attached hydrogens (tertiary/aromatic N) is 3. The lowest BCUT2D eigenvalue weighted by Crippen LogP contribution is -2.35. The summed E-state index contributed by atoms with van der Waals surface area (Å²) >= 11 is 6.05. The third-order valence-electron chi connectivity index (χ3n) is 4.20. The van der Waals surface area contributed by atoms with Gasteiger partial charge in [-0.1, -0.05) is 23.7 Å². The van der Waals surface area contributed by atoms with Crippen LogP contribution in [-0.2, 0) is 0 Å². The molecule has 1 N–H and O–H groups in total. The molecule has 2 heterocycles. The number of hydrogen-bond acceptors (Lipinski definition) is 4. The van der Waals surface area contributed by atoms with Gasteiger partial charge in [-0.2, -0.15) is 0 Å². The highest BCUT2D eigenvalue weighted by Crippen LogP contribution is 2.28. The number of benzene rings is 1. The molecule has 5 heteroatoms. The Labute approximate surface area is 135 Å². The summed E-state index contributed by atoms with van der Waals surface area (Å²) in [5.74, 6) is 0.446. The van der Waals surface area contributed by atoms with E-state index in [0.29, 0.717) is 10.9 Å². The van der Waals surface area contributed by atoms with E-state index in [1.54, 1.807) is 6.20 Å². The average Bonchev–Trinajstić information content (AvgIpc) is 2.56. The molecule has 1 aromatic carbocycles. The van der Waals surface area contributed by atoms with Crippen LogP contribution in [0.3, 0.4) is 0 Å². The molecule has 0 bridgehead atoms. The number of aromatic nitrogens is 2. The van der Waals surface area contributed by atoms with Crippen LogP contribution in [0, 0.1) is 0 Å². The molecule has 22 heavy (non-hydrogen) atoms. The van der Waals surface area contributed by atoms with Gasteiger partial charge in [-0.3, -0.25) is 4.98 Å². The van der Waals surface area contributed by atoms with Crippen LogP contribution in [-0.4, -0.2) is 46.2 Å². The van der Waals surface area contributed by atoms with Gasteiger partial charge in [-0.25, -0.2) is 4.98 Å². The molecule has 4 nitrogen and oxygen atoms in total. The molecule has 3 rings (SSSR count). The van der Waals surface area contributed by atoms with Crippen LogP contribution >= 0.6 is 11.6 Å². The summed E-state index contributed by atoms with van der Waals surface area (Å²) in [5, 5.41) is 9.72. The number of rotatable bonds is 4. The monoisotopic (exact) mass is 317 g/mol. The van der Waals surface area contributed by atoms with E-state index in [1.807, 2.05) is 30.5 Å². The van der Waals surface area contributed by atoms with E-state index in [0.717, 1.165) is 49.4 Å². The molecule has 0 aliphatic carbocycles. The topological polar surface area (TPSA) is 49.2 Å². The normalized spacial score (nSPS) is 16.8. The quantitative estimate of drug-likeness (QED) is 0.942. The number of hydrogen-bond donors (Lipinski definition) is 1. The molecule has 0 atom stereocenters.